The molecule has 34 heavy (non-hydrogen) atoms. The highest BCUT2D eigenvalue weighted by atomic mass is 127. The van der Waals surface area contributed by atoms with Crippen LogP contribution in [0.15, 0.2) is 59.7 Å². The maximum absolute atomic E-state index is 12.8. The number of hydrogen-bond acceptors (Lipinski definition) is 4. The second kappa shape index (κ2) is 10.7. The van der Waals surface area contributed by atoms with Gasteiger partial charge in [0.15, 0.2) is 5.96 Å². The first-order valence-electron chi connectivity index (χ1n) is 11.8. The molecule has 4 atom stereocenters. The van der Waals surface area contributed by atoms with Gasteiger partial charge in [0.2, 0.25) is 11.8 Å². The van der Waals surface area contributed by atoms with Crippen molar-refractivity contribution in [2.45, 2.75) is 26.3 Å². The van der Waals surface area contributed by atoms with Gasteiger partial charge >= 0.3 is 0 Å². The van der Waals surface area contributed by atoms with Crippen molar-refractivity contribution >= 4 is 41.8 Å². The first kappa shape index (κ1) is 24.4. The van der Waals surface area contributed by atoms with Crippen LogP contribution in [-0.2, 0) is 16.1 Å². The maximum Gasteiger partial charge on any atom is 0.233 e. The molecule has 180 valence electrons. The lowest BCUT2D eigenvalue weighted by molar-refractivity contribution is -0.140. The standard InChI is InChI=1S/C25H30N6O2.HI/c1-2-26-25(28-16-19-11-14-31(29-19)20-7-4-3-5-8-20)27-12-6-13-30-23(32)21-17-9-10-18(15-17)22(21)24(30)33;/h3-5,7-11,14,17-18,21-22H,2,6,12-13,15-16H2,1H3,(H2,26,27,28);1H. The Morgan fingerprint density at radius 2 is 1.76 bits per heavy atom. The number of imide groups is 1. The summed E-state index contributed by atoms with van der Waals surface area (Å²) in [7, 11) is 0. The number of aliphatic imine (C=N–C) groups is 1. The quantitative estimate of drug-likeness (QED) is 0.126. The van der Waals surface area contributed by atoms with Crippen LogP contribution in [0.4, 0.5) is 0 Å². The van der Waals surface area contributed by atoms with Gasteiger partial charge in [-0.2, -0.15) is 5.10 Å². The van der Waals surface area contributed by atoms with Crippen LogP contribution >= 0.6 is 24.0 Å². The van der Waals surface area contributed by atoms with Gasteiger partial charge in [0.25, 0.3) is 0 Å². The fourth-order valence-electron chi connectivity index (χ4n) is 5.30. The van der Waals surface area contributed by atoms with Gasteiger partial charge in [-0.25, -0.2) is 9.67 Å². The first-order valence-corrected chi connectivity index (χ1v) is 11.8. The molecule has 4 unspecified atom stereocenters. The zero-order chi connectivity index (χ0) is 22.8. The molecule has 2 aliphatic carbocycles. The Hall–Kier alpha value is -2.69. The lowest BCUT2D eigenvalue weighted by atomic mass is 9.85. The summed E-state index contributed by atoms with van der Waals surface area (Å²) in [5, 5.41) is 11.1. The molecule has 2 heterocycles. The minimum absolute atomic E-state index is 0. The van der Waals surface area contributed by atoms with E-state index in [1.54, 1.807) is 0 Å². The van der Waals surface area contributed by atoms with Crippen LogP contribution in [0.5, 0.6) is 0 Å². The molecular weight excluding hydrogens is 543 g/mol. The number of halogens is 1. The van der Waals surface area contributed by atoms with E-state index in [1.807, 2.05) is 54.2 Å². The summed E-state index contributed by atoms with van der Waals surface area (Å²) in [6.45, 7) is 4.30. The predicted octanol–water partition coefficient (Wildman–Crippen LogP) is 2.74. The predicted molar refractivity (Wildman–Crippen MR) is 141 cm³/mol. The first-order chi connectivity index (χ1) is 16.2. The van der Waals surface area contributed by atoms with E-state index >= 15 is 0 Å². The van der Waals surface area contributed by atoms with Gasteiger partial charge < -0.3 is 10.6 Å². The minimum atomic E-state index is -0.116. The Balaban J connectivity index is 0.00000274. The number of carbonyl (C=O) groups is 2. The Labute approximate surface area is 216 Å². The largest absolute Gasteiger partial charge is 0.357 e. The Bertz CT molecular complexity index is 1050. The van der Waals surface area contributed by atoms with Crippen molar-refractivity contribution in [1.29, 1.82) is 0 Å². The molecule has 2 fully saturated rings. The number of amides is 2. The van der Waals surface area contributed by atoms with Crippen LogP contribution in [0.3, 0.4) is 0 Å². The molecule has 1 aromatic heterocycles. The van der Waals surface area contributed by atoms with Gasteiger partial charge in [-0.3, -0.25) is 14.5 Å². The number of nitrogens with zero attached hydrogens (tertiary/aromatic N) is 4. The summed E-state index contributed by atoms with van der Waals surface area (Å²) in [5.41, 5.74) is 1.88. The lowest BCUT2D eigenvalue weighted by Gasteiger charge is -2.18. The van der Waals surface area contributed by atoms with E-state index in [4.69, 9.17) is 0 Å². The van der Waals surface area contributed by atoms with Crippen molar-refractivity contribution in [2.75, 3.05) is 19.6 Å². The molecule has 2 N–H and O–H groups in total. The van der Waals surface area contributed by atoms with E-state index in [0.717, 1.165) is 24.3 Å². The number of para-hydroxylation sites is 1. The Morgan fingerprint density at radius 3 is 2.44 bits per heavy atom. The molecule has 2 aromatic rings. The SMILES string of the molecule is CCNC(=NCc1ccn(-c2ccccc2)n1)NCCCN1C(=O)C2C3C=CC(C3)C2C1=O.I. The number of aromatic nitrogens is 2. The number of rotatable bonds is 8. The summed E-state index contributed by atoms with van der Waals surface area (Å²) >= 11 is 0. The van der Waals surface area contributed by atoms with Crippen LogP contribution < -0.4 is 10.6 Å². The normalized spacial score (nSPS) is 25.0. The molecule has 8 nitrogen and oxygen atoms in total. The smallest absolute Gasteiger partial charge is 0.233 e. The molecule has 9 heteroatoms. The third-order valence-corrected chi connectivity index (χ3v) is 6.82. The molecule has 2 amide bonds. The maximum atomic E-state index is 12.8. The highest BCUT2D eigenvalue weighted by Crippen LogP contribution is 2.52. The van der Waals surface area contributed by atoms with Crippen molar-refractivity contribution in [3.63, 3.8) is 0 Å². The minimum Gasteiger partial charge on any atom is -0.357 e. The van der Waals surface area contributed by atoms with Crippen molar-refractivity contribution < 1.29 is 9.59 Å². The molecule has 1 saturated heterocycles. The number of likely N-dealkylation sites (tertiary alicyclic amines) is 1. The van der Waals surface area contributed by atoms with E-state index in [1.165, 1.54) is 4.90 Å². The molecule has 1 aromatic carbocycles. The third kappa shape index (κ3) is 4.75. The average molecular weight is 574 g/mol. The number of allylic oxidation sites excluding steroid dienone is 2. The summed E-state index contributed by atoms with van der Waals surface area (Å²) in [5.74, 6) is 1.04. The van der Waals surface area contributed by atoms with E-state index in [9.17, 15) is 9.59 Å². The molecule has 2 bridgehead atoms. The topological polar surface area (TPSA) is 91.6 Å². The van der Waals surface area contributed by atoms with E-state index in [0.29, 0.717) is 32.0 Å². The average Bonchev–Trinajstić information content (AvgIpc) is 3.61. The fraction of sp³-hybridized carbons (Fsp3) is 0.440. The second-order valence-electron chi connectivity index (χ2n) is 8.89. The molecular formula is C25H31IN6O2. The van der Waals surface area contributed by atoms with Crippen molar-refractivity contribution in [3.8, 4) is 5.69 Å². The van der Waals surface area contributed by atoms with Crippen molar-refractivity contribution in [3.05, 3.63) is 60.4 Å². The Morgan fingerprint density at radius 1 is 1.06 bits per heavy atom. The number of hydrogen-bond donors (Lipinski definition) is 2. The summed E-state index contributed by atoms with van der Waals surface area (Å²) < 4.78 is 1.84. The van der Waals surface area contributed by atoms with Gasteiger partial charge in [-0.05, 0) is 49.8 Å². The van der Waals surface area contributed by atoms with Crippen LogP contribution in [0.2, 0.25) is 0 Å². The molecule has 1 aliphatic heterocycles. The van der Waals surface area contributed by atoms with Gasteiger partial charge in [0.1, 0.15) is 0 Å². The second-order valence-corrected chi connectivity index (χ2v) is 8.89. The Kier molecular flexibility index (Phi) is 7.70. The summed E-state index contributed by atoms with van der Waals surface area (Å²) in [6.07, 6.45) is 7.84. The fourth-order valence-corrected chi connectivity index (χ4v) is 5.30. The third-order valence-electron chi connectivity index (χ3n) is 6.82. The molecule has 0 spiro atoms. The van der Waals surface area contributed by atoms with Gasteiger partial charge in [0, 0.05) is 25.8 Å². The molecule has 1 saturated carbocycles. The number of fused-ring (bicyclic) bond motifs is 5. The number of carbonyl (C=O) groups excluding carboxylic acids is 2. The van der Waals surface area contributed by atoms with E-state index in [2.05, 4.69) is 32.9 Å². The van der Waals surface area contributed by atoms with Crippen LogP contribution in [-0.4, -0.2) is 52.1 Å². The zero-order valence-electron chi connectivity index (χ0n) is 19.3. The lowest BCUT2D eigenvalue weighted by Crippen LogP contribution is -2.40. The van der Waals surface area contributed by atoms with E-state index < -0.39 is 0 Å². The number of nitrogens with one attached hydrogen (secondary N) is 2. The molecule has 5 rings (SSSR count). The van der Waals surface area contributed by atoms with Crippen molar-refractivity contribution in [1.82, 2.24) is 25.3 Å². The highest BCUT2D eigenvalue weighted by molar-refractivity contribution is 14.0. The monoisotopic (exact) mass is 574 g/mol. The van der Waals surface area contributed by atoms with Crippen LogP contribution in [0.1, 0.15) is 25.5 Å². The summed E-state index contributed by atoms with van der Waals surface area (Å²) in [4.78, 5) is 31.7. The van der Waals surface area contributed by atoms with Gasteiger partial charge in [-0.1, -0.05) is 30.4 Å². The van der Waals surface area contributed by atoms with Crippen LogP contribution in [0.25, 0.3) is 5.69 Å². The summed E-state index contributed by atoms with van der Waals surface area (Å²) in [6, 6.07) is 11.9. The van der Waals surface area contributed by atoms with Crippen LogP contribution in [0, 0.1) is 23.7 Å². The van der Waals surface area contributed by atoms with Gasteiger partial charge in [0.05, 0.1) is 29.8 Å². The van der Waals surface area contributed by atoms with Crippen molar-refractivity contribution in [2.24, 2.45) is 28.7 Å². The zero-order valence-corrected chi connectivity index (χ0v) is 21.6. The molecule has 0 radical (unpaired) electrons. The number of guanidine groups is 1. The highest BCUT2D eigenvalue weighted by Gasteiger charge is 2.58. The molecule has 3 aliphatic rings. The number of benzene rings is 1. The van der Waals surface area contributed by atoms with Gasteiger partial charge in [-0.15, -0.1) is 24.0 Å². The van der Waals surface area contributed by atoms with E-state index in [-0.39, 0.29) is 59.5 Å².